The summed E-state index contributed by atoms with van der Waals surface area (Å²) < 4.78 is 42.3. The van der Waals surface area contributed by atoms with E-state index < -0.39 is 32.6 Å². The number of benzene rings is 2. The summed E-state index contributed by atoms with van der Waals surface area (Å²) in [6.45, 7) is 1.40. The van der Waals surface area contributed by atoms with Gasteiger partial charge in [-0.3, -0.25) is 24.2 Å². The summed E-state index contributed by atoms with van der Waals surface area (Å²) >= 11 is 6.05. The van der Waals surface area contributed by atoms with Crippen LogP contribution in [0.1, 0.15) is 32.0 Å². The molecule has 2 aromatic carbocycles. The highest BCUT2D eigenvalue weighted by Gasteiger charge is 2.37. The van der Waals surface area contributed by atoms with E-state index in [9.17, 15) is 22.4 Å². The normalized spacial score (nSPS) is 13.5. The highest BCUT2D eigenvalue weighted by Crippen LogP contribution is 2.28. The molecule has 0 radical (unpaired) electrons. The molecular weight excluding hydrogens is 445 g/mol. The van der Waals surface area contributed by atoms with Crippen molar-refractivity contribution in [2.45, 2.75) is 18.4 Å². The van der Waals surface area contributed by atoms with Crippen LogP contribution in [0.4, 0.5) is 10.1 Å². The fourth-order valence-corrected chi connectivity index (χ4v) is 4.68. The number of anilines is 1. The van der Waals surface area contributed by atoms with Gasteiger partial charge < -0.3 is 0 Å². The summed E-state index contributed by atoms with van der Waals surface area (Å²) in [6.07, 6.45) is 1.39. The molecule has 0 saturated heterocycles. The molecule has 7 nitrogen and oxygen atoms in total. The Morgan fingerprint density at radius 2 is 1.87 bits per heavy atom. The van der Waals surface area contributed by atoms with E-state index in [0.29, 0.717) is 5.02 Å². The number of nitrogens with zero attached hydrogens (tertiary/aromatic N) is 2. The number of amides is 2. The van der Waals surface area contributed by atoms with Gasteiger partial charge in [-0.1, -0.05) is 23.7 Å². The Bertz CT molecular complexity index is 1310. The Kier molecular flexibility index (Phi) is 5.24. The number of imide groups is 1. The maximum Gasteiger partial charge on any atom is 0.280 e. The smallest absolute Gasteiger partial charge is 0.280 e. The largest absolute Gasteiger partial charge is 0.280 e. The van der Waals surface area contributed by atoms with Crippen molar-refractivity contribution in [1.29, 1.82) is 0 Å². The maximum atomic E-state index is 13.9. The lowest BCUT2D eigenvalue weighted by Crippen LogP contribution is -2.30. The molecule has 0 aliphatic carbocycles. The Hall–Kier alpha value is -3.30. The molecule has 2 heterocycles. The average Bonchev–Trinajstić information content (AvgIpc) is 2.97. The molecule has 10 heteroatoms. The van der Waals surface area contributed by atoms with Gasteiger partial charge in [-0.05, 0) is 54.4 Å². The van der Waals surface area contributed by atoms with Gasteiger partial charge in [0.05, 0.1) is 22.7 Å². The predicted molar refractivity (Wildman–Crippen MR) is 112 cm³/mol. The lowest BCUT2D eigenvalue weighted by molar-refractivity contribution is 0.0639. The number of nitrogens with one attached hydrogen (secondary N) is 1. The van der Waals surface area contributed by atoms with Crippen molar-refractivity contribution < 1.29 is 22.4 Å². The van der Waals surface area contributed by atoms with Crippen LogP contribution >= 0.6 is 11.6 Å². The Morgan fingerprint density at radius 1 is 1.10 bits per heavy atom. The fraction of sp³-hybridized carbons (Fsp3) is 0.0952. The molecule has 3 aromatic rings. The van der Waals surface area contributed by atoms with Crippen LogP contribution in [0.15, 0.2) is 59.6 Å². The number of carbonyl (C=O) groups is 2. The summed E-state index contributed by atoms with van der Waals surface area (Å²) in [6, 6.07) is 10.7. The third-order valence-corrected chi connectivity index (χ3v) is 6.67. The molecule has 1 aliphatic rings. The molecule has 0 fully saturated rings. The average molecular weight is 460 g/mol. The molecular formula is C21H15ClFN3O4S. The number of sulfonamides is 1. The molecule has 4 rings (SSSR count). The molecule has 31 heavy (non-hydrogen) atoms. The minimum atomic E-state index is -4.25. The van der Waals surface area contributed by atoms with Gasteiger partial charge >= 0.3 is 0 Å². The van der Waals surface area contributed by atoms with Crippen LogP contribution in [-0.2, 0) is 16.6 Å². The number of pyridine rings is 1. The third-order valence-electron chi connectivity index (χ3n) is 4.80. The Morgan fingerprint density at radius 3 is 2.58 bits per heavy atom. The van der Waals surface area contributed by atoms with E-state index in [1.807, 2.05) is 0 Å². The summed E-state index contributed by atoms with van der Waals surface area (Å²) in [5.41, 5.74) is 1.14. The summed E-state index contributed by atoms with van der Waals surface area (Å²) in [7, 11) is -4.25. The van der Waals surface area contributed by atoms with E-state index in [1.54, 1.807) is 13.0 Å². The third kappa shape index (κ3) is 3.89. The standard InChI is InChI=1S/C21H15ClFN3O4S/c1-12-4-7-15(10-17(12)22)25-31(29,30)18-9-14(23)6-5-13(18)11-26-20(27)16-3-2-8-24-19(16)21(26)28/h2-10,25H,11H2,1H3. The number of aryl methyl sites for hydroxylation is 1. The number of carbonyl (C=O) groups excluding carboxylic acids is 2. The predicted octanol–water partition coefficient (Wildman–Crippen LogP) is 3.78. The van der Waals surface area contributed by atoms with Crippen LogP contribution in [0.2, 0.25) is 5.02 Å². The molecule has 0 bridgehead atoms. The van der Waals surface area contributed by atoms with Crippen molar-refractivity contribution in [2.75, 3.05) is 4.72 Å². The van der Waals surface area contributed by atoms with E-state index in [4.69, 9.17) is 11.6 Å². The Balaban J connectivity index is 1.69. The van der Waals surface area contributed by atoms with Crippen LogP contribution in [-0.4, -0.2) is 30.1 Å². The van der Waals surface area contributed by atoms with Crippen molar-refractivity contribution in [3.63, 3.8) is 0 Å². The molecule has 0 atom stereocenters. The first-order valence-electron chi connectivity index (χ1n) is 9.06. The molecule has 158 valence electrons. The molecule has 0 saturated carbocycles. The minimum Gasteiger partial charge on any atom is -0.280 e. The van der Waals surface area contributed by atoms with Crippen LogP contribution in [0.5, 0.6) is 0 Å². The van der Waals surface area contributed by atoms with E-state index in [-0.39, 0.29) is 29.1 Å². The first-order valence-corrected chi connectivity index (χ1v) is 10.9. The van der Waals surface area contributed by atoms with Gasteiger partial charge in [0.2, 0.25) is 0 Å². The number of aromatic nitrogens is 1. The second kappa shape index (κ2) is 7.75. The van der Waals surface area contributed by atoms with Gasteiger partial charge in [-0.15, -0.1) is 0 Å². The molecule has 1 N–H and O–H groups in total. The second-order valence-corrected chi connectivity index (χ2v) is 8.98. The summed E-state index contributed by atoms with van der Waals surface area (Å²) in [4.78, 5) is 29.6. The van der Waals surface area contributed by atoms with E-state index in [0.717, 1.165) is 22.6 Å². The highest BCUT2D eigenvalue weighted by molar-refractivity contribution is 7.92. The zero-order chi connectivity index (χ0) is 22.3. The first kappa shape index (κ1) is 21.0. The molecule has 1 aliphatic heterocycles. The van der Waals surface area contributed by atoms with Gasteiger partial charge in [0.25, 0.3) is 21.8 Å². The van der Waals surface area contributed by atoms with Crippen molar-refractivity contribution >= 4 is 39.1 Å². The van der Waals surface area contributed by atoms with Crippen LogP contribution < -0.4 is 4.72 Å². The number of halogens is 2. The lowest BCUT2D eigenvalue weighted by Gasteiger charge is -2.17. The lowest BCUT2D eigenvalue weighted by atomic mass is 10.2. The highest BCUT2D eigenvalue weighted by atomic mass is 35.5. The Labute approximate surface area is 182 Å². The monoisotopic (exact) mass is 459 g/mol. The van der Waals surface area contributed by atoms with Crippen molar-refractivity contribution in [3.05, 3.63) is 88.0 Å². The van der Waals surface area contributed by atoms with Gasteiger partial charge in [0, 0.05) is 11.2 Å². The van der Waals surface area contributed by atoms with Crippen LogP contribution in [0.25, 0.3) is 0 Å². The van der Waals surface area contributed by atoms with E-state index in [2.05, 4.69) is 9.71 Å². The molecule has 0 spiro atoms. The van der Waals surface area contributed by atoms with Crippen molar-refractivity contribution in [3.8, 4) is 0 Å². The quantitative estimate of drug-likeness (QED) is 0.586. The minimum absolute atomic E-state index is 0.00792. The number of rotatable bonds is 5. The molecule has 0 unspecified atom stereocenters. The van der Waals surface area contributed by atoms with Gasteiger partial charge in [-0.2, -0.15) is 0 Å². The van der Waals surface area contributed by atoms with Gasteiger partial charge in [-0.25, -0.2) is 12.8 Å². The summed E-state index contributed by atoms with van der Waals surface area (Å²) in [5, 5.41) is 0.359. The first-order chi connectivity index (χ1) is 14.7. The number of hydrogen-bond donors (Lipinski definition) is 1. The SMILES string of the molecule is Cc1ccc(NS(=O)(=O)c2cc(F)ccc2CN2C(=O)c3cccnc3C2=O)cc1Cl. The number of hydrogen-bond acceptors (Lipinski definition) is 5. The van der Waals surface area contributed by atoms with Crippen LogP contribution in [0.3, 0.4) is 0 Å². The van der Waals surface area contributed by atoms with E-state index >= 15 is 0 Å². The fourth-order valence-electron chi connectivity index (χ4n) is 3.20. The van der Waals surface area contributed by atoms with Gasteiger partial charge in [0.15, 0.2) is 0 Å². The zero-order valence-corrected chi connectivity index (χ0v) is 17.7. The summed E-state index contributed by atoms with van der Waals surface area (Å²) in [5.74, 6) is -2.03. The molecule has 1 aromatic heterocycles. The topological polar surface area (TPSA) is 96.4 Å². The number of fused-ring (bicyclic) bond motifs is 1. The van der Waals surface area contributed by atoms with Crippen LogP contribution in [0, 0.1) is 12.7 Å². The maximum absolute atomic E-state index is 13.9. The van der Waals surface area contributed by atoms with Crippen molar-refractivity contribution in [1.82, 2.24) is 9.88 Å². The van der Waals surface area contributed by atoms with E-state index in [1.165, 1.54) is 36.5 Å². The zero-order valence-electron chi connectivity index (χ0n) is 16.1. The van der Waals surface area contributed by atoms with Crippen molar-refractivity contribution in [2.24, 2.45) is 0 Å². The molecule has 2 amide bonds. The second-order valence-electron chi connectivity index (χ2n) is 6.92. The van der Waals surface area contributed by atoms with Gasteiger partial charge in [0.1, 0.15) is 11.5 Å².